The van der Waals surface area contributed by atoms with E-state index in [0.29, 0.717) is 29.2 Å². The number of nitrogens with zero attached hydrogens (tertiary/aromatic N) is 1. The Balaban J connectivity index is 1.57. The number of hydrogen-bond acceptors (Lipinski definition) is 6. The Morgan fingerprint density at radius 3 is 2.85 bits per heavy atom. The lowest BCUT2D eigenvalue weighted by molar-refractivity contribution is -0.0589. The second-order valence-corrected chi connectivity index (χ2v) is 8.74. The number of allylic oxidation sites excluding steroid dienone is 5. The van der Waals surface area contributed by atoms with Crippen LogP contribution in [0.25, 0.3) is 11.0 Å². The molecule has 2 atom stereocenters. The Bertz CT molecular complexity index is 1320. The normalized spacial score (nSPS) is 22.5. The van der Waals surface area contributed by atoms with Crippen molar-refractivity contribution in [2.24, 2.45) is 4.99 Å². The van der Waals surface area contributed by atoms with Crippen LogP contribution in [0, 0.1) is 0 Å². The molecule has 1 aromatic heterocycles. The van der Waals surface area contributed by atoms with Gasteiger partial charge in [0, 0.05) is 36.1 Å². The molecule has 0 aliphatic carbocycles. The van der Waals surface area contributed by atoms with Gasteiger partial charge in [0.15, 0.2) is 0 Å². The van der Waals surface area contributed by atoms with Gasteiger partial charge < -0.3 is 19.2 Å². The number of ether oxygens (including phenoxy) is 2. The van der Waals surface area contributed by atoms with E-state index >= 15 is 0 Å². The summed E-state index contributed by atoms with van der Waals surface area (Å²) in [6.07, 6.45) is 6.75. The molecule has 1 N–H and O–H groups in total. The van der Waals surface area contributed by atoms with Gasteiger partial charge in [-0.2, -0.15) is 0 Å². The van der Waals surface area contributed by atoms with Crippen LogP contribution in [-0.2, 0) is 11.2 Å². The third-order valence-electron chi connectivity index (χ3n) is 5.81. The minimum absolute atomic E-state index is 0.296. The summed E-state index contributed by atoms with van der Waals surface area (Å²) < 4.78 is 45.8. The van der Waals surface area contributed by atoms with Crippen LogP contribution in [0.1, 0.15) is 33.3 Å². The van der Waals surface area contributed by atoms with Gasteiger partial charge >= 0.3 is 5.63 Å². The predicted molar refractivity (Wildman–Crippen MR) is 127 cm³/mol. The van der Waals surface area contributed by atoms with Crippen molar-refractivity contribution in [3.05, 3.63) is 87.7 Å². The lowest BCUT2D eigenvalue weighted by Crippen LogP contribution is -2.48. The fraction of sp³-hybridized carbons (Fsp3) is 0.308. The molecule has 0 amide bonds. The number of nitrogens with one attached hydrogen (secondary N) is 1. The first-order valence-electron chi connectivity index (χ1n) is 11.0. The van der Waals surface area contributed by atoms with Gasteiger partial charge in [-0.25, -0.2) is 18.6 Å². The van der Waals surface area contributed by atoms with E-state index in [9.17, 15) is 13.6 Å². The topological polar surface area (TPSA) is 73.1 Å². The number of hydrogen-bond donors (Lipinski definition) is 1. The molecule has 2 aliphatic rings. The fourth-order valence-corrected chi connectivity index (χ4v) is 3.85. The third kappa shape index (κ3) is 4.95. The lowest BCUT2D eigenvalue weighted by Gasteiger charge is -2.40. The number of aliphatic imine (C=N–C) groups is 1. The Morgan fingerprint density at radius 2 is 2.09 bits per heavy atom. The molecule has 6 nitrogen and oxygen atoms in total. The molecule has 3 heterocycles. The first-order valence-corrected chi connectivity index (χ1v) is 11.0. The van der Waals surface area contributed by atoms with E-state index < -0.39 is 35.0 Å². The first kappa shape index (κ1) is 23.5. The molecule has 0 saturated carbocycles. The van der Waals surface area contributed by atoms with E-state index in [1.807, 2.05) is 19.9 Å². The average molecular weight is 469 g/mol. The van der Waals surface area contributed by atoms with Crippen LogP contribution in [-0.4, -0.2) is 24.1 Å². The number of rotatable bonds is 5. The Kier molecular flexibility index (Phi) is 6.41. The van der Waals surface area contributed by atoms with Gasteiger partial charge in [-0.15, -0.1) is 0 Å². The molecule has 2 aliphatic heterocycles. The minimum Gasteiger partial charge on any atom is -0.484 e. The van der Waals surface area contributed by atoms with Crippen molar-refractivity contribution in [1.82, 2.24) is 5.32 Å². The predicted octanol–water partition coefficient (Wildman–Crippen LogP) is 5.41. The maximum atomic E-state index is 14.5. The molecule has 0 spiro atoms. The molecule has 0 saturated heterocycles. The Hall–Kier alpha value is -3.68. The molecule has 4 rings (SSSR count). The van der Waals surface area contributed by atoms with Crippen molar-refractivity contribution < 1.29 is 22.7 Å². The third-order valence-corrected chi connectivity index (χ3v) is 5.81. The number of fused-ring (bicyclic) bond motifs is 2. The summed E-state index contributed by atoms with van der Waals surface area (Å²) in [4.78, 5) is 15.8. The van der Waals surface area contributed by atoms with Crippen LogP contribution in [0.4, 0.5) is 8.78 Å². The molecular weight excluding hydrogens is 442 g/mol. The number of benzene rings is 1. The summed E-state index contributed by atoms with van der Waals surface area (Å²) >= 11 is 0. The van der Waals surface area contributed by atoms with Crippen molar-refractivity contribution in [2.75, 3.05) is 0 Å². The fourth-order valence-electron chi connectivity index (χ4n) is 3.85. The summed E-state index contributed by atoms with van der Waals surface area (Å²) in [5.74, 6) is -0.405. The van der Waals surface area contributed by atoms with Crippen molar-refractivity contribution in [2.45, 2.75) is 51.9 Å². The van der Waals surface area contributed by atoms with Gasteiger partial charge in [0.05, 0.1) is 12.4 Å². The molecule has 8 heteroatoms. The van der Waals surface area contributed by atoms with E-state index in [4.69, 9.17) is 13.9 Å². The Morgan fingerprint density at radius 1 is 1.29 bits per heavy atom. The molecule has 0 fully saturated rings. The molecule has 178 valence electrons. The minimum atomic E-state index is -0.721. The summed E-state index contributed by atoms with van der Waals surface area (Å²) in [6.45, 7) is 7.03. The van der Waals surface area contributed by atoms with Gasteiger partial charge in [0.25, 0.3) is 0 Å². The zero-order valence-corrected chi connectivity index (χ0v) is 19.4. The van der Waals surface area contributed by atoms with Gasteiger partial charge in [-0.1, -0.05) is 6.08 Å². The standard InChI is InChI=1S/C26H26F2N2O4/c1-5-6-18(27)11-19(28)15(2)20-12-24(30-14-29-20)33-23-10-17-9-16-7-8-25(31)32-21(16)13-22(17)34-26(23,3)4/h5-9,11-14,20,23H,10H2,1-4H3,(H,29,30)/b6-5-,18-11+,19-15-. The monoisotopic (exact) mass is 468 g/mol. The van der Waals surface area contributed by atoms with Crippen LogP contribution < -0.4 is 15.7 Å². The van der Waals surface area contributed by atoms with Crippen molar-refractivity contribution in [3.63, 3.8) is 0 Å². The maximum absolute atomic E-state index is 14.5. The van der Waals surface area contributed by atoms with Gasteiger partial charge in [0.1, 0.15) is 34.7 Å². The smallest absolute Gasteiger partial charge is 0.336 e. The lowest BCUT2D eigenvalue weighted by atomic mass is 9.90. The highest BCUT2D eigenvalue weighted by Gasteiger charge is 2.39. The van der Waals surface area contributed by atoms with Crippen LogP contribution >= 0.6 is 0 Å². The van der Waals surface area contributed by atoms with Crippen LogP contribution in [0.2, 0.25) is 0 Å². The quantitative estimate of drug-likeness (QED) is 0.470. The van der Waals surface area contributed by atoms with Crippen molar-refractivity contribution in [3.8, 4) is 5.75 Å². The molecule has 2 aromatic rings. The van der Waals surface area contributed by atoms with E-state index in [-0.39, 0.29) is 0 Å². The highest BCUT2D eigenvalue weighted by Crippen LogP contribution is 2.38. The second-order valence-electron chi connectivity index (χ2n) is 8.74. The van der Waals surface area contributed by atoms with Crippen LogP contribution in [0.3, 0.4) is 0 Å². The summed E-state index contributed by atoms with van der Waals surface area (Å²) in [7, 11) is 0. The van der Waals surface area contributed by atoms with Crippen molar-refractivity contribution in [1.29, 1.82) is 0 Å². The Labute approximate surface area is 196 Å². The molecule has 34 heavy (non-hydrogen) atoms. The highest BCUT2D eigenvalue weighted by molar-refractivity contribution is 5.79. The van der Waals surface area contributed by atoms with Gasteiger partial charge in [-0.05, 0) is 57.0 Å². The summed E-state index contributed by atoms with van der Waals surface area (Å²) in [6, 6.07) is 6.17. The SMILES string of the molecule is C\C=C/C(F)=C\C(F)=C(/C)C1C=C(OC2Cc3cc4ccc(=O)oc4cc3OC2(C)C)N=CN1. The van der Waals surface area contributed by atoms with E-state index in [0.717, 1.165) is 17.0 Å². The second kappa shape index (κ2) is 9.29. The van der Waals surface area contributed by atoms with Crippen LogP contribution in [0.5, 0.6) is 5.75 Å². The molecule has 0 bridgehead atoms. The molecule has 1 aromatic carbocycles. The molecular formula is C26H26F2N2O4. The molecule has 2 unspecified atom stereocenters. The van der Waals surface area contributed by atoms with Crippen LogP contribution in [0.15, 0.2) is 85.9 Å². The summed E-state index contributed by atoms with van der Waals surface area (Å²) in [5.41, 5.74) is 0.520. The zero-order chi connectivity index (χ0) is 24.5. The van der Waals surface area contributed by atoms with E-state index in [1.54, 1.807) is 32.1 Å². The van der Waals surface area contributed by atoms with Gasteiger partial charge in [-0.3, -0.25) is 0 Å². The largest absolute Gasteiger partial charge is 0.484 e. The van der Waals surface area contributed by atoms with E-state index in [1.165, 1.54) is 24.6 Å². The maximum Gasteiger partial charge on any atom is 0.336 e. The zero-order valence-electron chi connectivity index (χ0n) is 19.4. The summed E-state index contributed by atoms with van der Waals surface area (Å²) in [5, 5.41) is 3.74. The van der Waals surface area contributed by atoms with Gasteiger partial charge in [0.2, 0.25) is 5.88 Å². The average Bonchev–Trinajstić information content (AvgIpc) is 2.78. The highest BCUT2D eigenvalue weighted by atomic mass is 19.1. The molecule has 0 radical (unpaired) electrons. The van der Waals surface area contributed by atoms with E-state index in [2.05, 4.69) is 10.3 Å². The first-order chi connectivity index (χ1) is 16.2. The number of halogens is 2. The van der Waals surface area contributed by atoms with Crippen molar-refractivity contribution >= 4 is 17.3 Å².